The van der Waals surface area contributed by atoms with E-state index in [9.17, 15) is 10.2 Å². The molecular formula is C17H20N2O3. The van der Waals surface area contributed by atoms with Crippen LogP contribution in [0.1, 0.15) is 5.56 Å². The van der Waals surface area contributed by atoms with Crippen molar-refractivity contribution in [1.82, 2.24) is 5.32 Å². The largest absolute Gasteiger partial charge is 0.504 e. The Bertz CT molecular complexity index is 655. The van der Waals surface area contributed by atoms with Crippen molar-refractivity contribution in [3.63, 3.8) is 0 Å². The molecule has 5 nitrogen and oxygen atoms in total. The van der Waals surface area contributed by atoms with Gasteiger partial charge in [-0.15, -0.1) is 0 Å². The molecule has 0 amide bonds. The van der Waals surface area contributed by atoms with Crippen molar-refractivity contribution in [1.29, 1.82) is 0 Å². The molecule has 1 aromatic rings. The summed E-state index contributed by atoms with van der Waals surface area (Å²) in [4.78, 5) is 2.10. The van der Waals surface area contributed by atoms with E-state index in [0.717, 1.165) is 18.7 Å². The Morgan fingerprint density at radius 2 is 2.09 bits per heavy atom. The van der Waals surface area contributed by atoms with E-state index in [1.807, 2.05) is 18.2 Å². The molecule has 4 unspecified atom stereocenters. The highest BCUT2D eigenvalue weighted by Gasteiger charge is 2.43. The fourth-order valence-corrected chi connectivity index (χ4v) is 3.84. The van der Waals surface area contributed by atoms with Gasteiger partial charge in [0.05, 0.1) is 7.11 Å². The summed E-state index contributed by atoms with van der Waals surface area (Å²) in [5, 5.41) is 24.4. The highest BCUT2D eigenvalue weighted by Crippen LogP contribution is 2.38. The highest BCUT2D eigenvalue weighted by atomic mass is 16.5. The van der Waals surface area contributed by atoms with Crippen LogP contribution in [0.25, 0.3) is 0 Å². The Hall–Kier alpha value is -1.98. The SMILES string of the molecule is COC1=CC2C(C=C1O)NCC1Cc3ccccc3N1C2O. The minimum atomic E-state index is -0.650. The highest BCUT2D eigenvalue weighted by molar-refractivity contribution is 5.60. The molecule has 0 aromatic heterocycles. The van der Waals surface area contributed by atoms with Gasteiger partial charge in [-0.25, -0.2) is 0 Å². The lowest BCUT2D eigenvalue weighted by Crippen LogP contribution is -2.46. The molecule has 4 atom stereocenters. The lowest BCUT2D eigenvalue weighted by molar-refractivity contribution is 0.112. The number of rotatable bonds is 1. The Labute approximate surface area is 129 Å². The summed E-state index contributed by atoms with van der Waals surface area (Å²) in [6, 6.07) is 8.37. The molecule has 22 heavy (non-hydrogen) atoms. The zero-order valence-electron chi connectivity index (χ0n) is 12.4. The predicted molar refractivity (Wildman–Crippen MR) is 83.5 cm³/mol. The van der Waals surface area contributed by atoms with E-state index in [1.54, 1.807) is 6.08 Å². The first kappa shape index (κ1) is 13.7. The van der Waals surface area contributed by atoms with Crippen LogP contribution in [-0.2, 0) is 11.2 Å². The molecule has 3 aliphatic rings. The number of benzene rings is 1. The van der Waals surface area contributed by atoms with Gasteiger partial charge < -0.3 is 25.2 Å². The lowest BCUT2D eigenvalue weighted by Gasteiger charge is -2.35. The molecule has 1 aromatic carbocycles. The molecule has 1 saturated heterocycles. The molecule has 0 bridgehead atoms. The van der Waals surface area contributed by atoms with Crippen LogP contribution in [0.4, 0.5) is 5.69 Å². The smallest absolute Gasteiger partial charge is 0.156 e. The monoisotopic (exact) mass is 300 g/mol. The second kappa shape index (κ2) is 5.04. The standard InChI is InChI=1S/C17H20N2O3/c1-22-16-7-12-13(8-15(16)20)18-9-11-6-10-4-2-3-5-14(10)19(11)17(12)21/h2-5,7-8,11-13,17-18,20-21H,6,9H2,1H3. The Morgan fingerprint density at radius 3 is 2.91 bits per heavy atom. The molecular weight excluding hydrogens is 280 g/mol. The van der Waals surface area contributed by atoms with Crippen LogP contribution in [0, 0.1) is 5.92 Å². The minimum Gasteiger partial charge on any atom is -0.504 e. The molecule has 2 aliphatic heterocycles. The lowest BCUT2D eigenvalue weighted by atomic mass is 9.91. The van der Waals surface area contributed by atoms with Gasteiger partial charge in [-0.05, 0) is 30.2 Å². The quantitative estimate of drug-likeness (QED) is 0.730. The first-order valence-corrected chi connectivity index (χ1v) is 7.63. The van der Waals surface area contributed by atoms with Crippen LogP contribution in [-0.4, -0.2) is 42.2 Å². The average molecular weight is 300 g/mol. The molecule has 3 N–H and O–H groups in total. The summed E-state index contributed by atoms with van der Waals surface area (Å²) in [7, 11) is 1.53. The van der Waals surface area contributed by atoms with Crippen molar-refractivity contribution in [3.8, 4) is 0 Å². The van der Waals surface area contributed by atoms with E-state index in [-0.39, 0.29) is 23.8 Å². The normalized spacial score (nSPS) is 33.1. The summed E-state index contributed by atoms with van der Waals surface area (Å²) < 4.78 is 5.21. The maximum Gasteiger partial charge on any atom is 0.156 e. The van der Waals surface area contributed by atoms with E-state index < -0.39 is 6.23 Å². The summed E-state index contributed by atoms with van der Waals surface area (Å²) in [6.45, 7) is 0.771. The van der Waals surface area contributed by atoms with Crippen LogP contribution in [0.3, 0.4) is 0 Å². The van der Waals surface area contributed by atoms with Crippen molar-refractivity contribution >= 4 is 5.69 Å². The zero-order valence-corrected chi connectivity index (χ0v) is 12.4. The van der Waals surface area contributed by atoms with Crippen LogP contribution >= 0.6 is 0 Å². The van der Waals surface area contributed by atoms with Gasteiger partial charge >= 0.3 is 0 Å². The maximum atomic E-state index is 11.0. The summed E-state index contributed by atoms with van der Waals surface area (Å²) in [5.74, 6) is 0.390. The van der Waals surface area contributed by atoms with E-state index in [4.69, 9.17) is 4.74 Å². The third-order valence-corrected chi connectivity index (χ3v) is 4.91. The van der Waals surface area contributed by atoms with Crippen molar-refractivity contribution in [2.24, 2.45) is 5.92 Å². The third kappa shape index (κ3) is 1.93. The average Bonchev–Trinajstić information content (AvgIpc) is 2.84. The van der Waals surface area contributed by atoms with Crippen LogP contribution in [0.2, 0.25) is 0 Å². The molecule has 5 heteroatoms. The summed E-state index contributed by atoms with van der Waals surface area (Å²) >= 11 is 0. The summed E-state index contributed by atoms with van der Waals surface area (Å²) in [5.41, 5.74) is 2.38. The molecule has 0 spiro atoms. The first-order chi connectivity index (χ1) is 10.7. The van der Waals surface area contributed by atoms with Gasteiger partial charge in [0.2, 0.25) is 0 Å². The third-order valence-electron chi connectivity index (χ3n) is 4.91. The van der Waals surface area contributed by atoms with Crippen LogP contribution in [0.5, 0.6) is 0 Å². The molecule has 0 saturated carbocycles. The topological polar surface area (TPSA) is 65.0 Å². The molecule has 4 rings (SSSR count). The van der Waals surface area contributed by atoms with E-state index in [1.165, 1.54) is 12.7 Å². The summed E-state index contributed by atoms with van der Waals surface area (Å²) in [6.07, 6.45) is 3.83. The first-order valence-electron chi connectivity index (χ1n) is 7.63. The molecule has 1 fully saturated rings. The van der Waals surface area contributed by atoms with E-state index >= 15 is 0 Å². The number of nitrogens with one attached hydrogen (secondary N) is 1. The van der Waals surface area contributed by atoms with Crippen molar-refractivity contribution in [2.45, 2.75) is 24.7 Å². The second-order valence-electron chi connectivity index (χ2n) is 6.11. The van der Waals surface area contributed by atoms with E-state index in [0.29, 0.717) is 5.76 Å². The zero-order chi connectivity index (χ0) is 15.3. The number of anilines is 1. The van der Waals surface area contributed by atoms with Crippen LogP contribution in [0.15, 0.2) is 47.9 Å². The maximum absolute atomic E-state index is 11.0. The molecule has 0 radical (unpaired) electrons. The number of aliphatic hydroxyl groups excluding tert-OH is 2. The fourth-order valence-electron chi connectivity index (χ4n) is 3.84. The van der Waals surface area contributed by atoms with E-state index in [2.05, 4.69) is 22.3 Å². The second-order valence-corrected chi connectivity index (χ2v) is 6.11. The van der Waals surface area contributed by atoms with Gasteiger partial charge in [0, 0.05) is 30.2 Å². The van der Waals surface area contributed by atoms with Gasteiger partial charge in [0.25, 0.3) is 0 Å². The molecule has 2 heterocycles. The number of hydrogen-bond donors (Lipinski definition) is 3. The minimum absolute atomic E-state index is 0.0911. The van der Waals surface area contributed by atoms with Crippen molar-refractivity contribution in [3.05, 3.63) is 53.5 Å². The van der Waals surface area contributed by atoms with Crippen molar-refractivity contribution < 1.29 is 14.9 Å². The van der Waals surface area contributed by atoms with Crippen molar-refractivity contribution in [2.75, 3.05) is 18.6 Å². The fraction of sp³-hybridized carbons (Fsp3) is 0.412. The Kier molecular flexibility index (Phi) is 3.13. The number of ether oxygens (including phenoxy) is 1. The van der Waals surface area contributed by atoms with Gasteiger partial charge in [-0.3, -0.25) is 0 Å². The number of aliphatic hydroxyl groups is 2. The van der Waals surface area contributed by atoms with Crippen LogP contribution < -0.4 is 10.2 Å². The van der Waals surface area contributed by atoms with Gasteiger partial charge in [0.1, 0.15) is 6.23 Å². The number of para-hydroxylation sites is 1. The van der Waals surface area contributed by atoms with Gasteiger partial charge in [-0.1, -0.05) is 18.2 Å². The van der Waals surface area contributed by atoms with Gasteiger partial charge in [-0.2, -0.15) is 0 Å². The van der Waals surface area contributed by atoms with Gasteiger partial charge in [0.15, 0.2) is 11.5 Å². The number of fused-ring (bicyclic) bond motifs is 4. The number of methoxy groups -OCH3 is 1. The number of hydrogen-bond acceptors (Lipinski definition) is 5. The number of nitrogens with zero attached hydrogens (tertiary/aromatic N) is 1. The Morgan fingerprint density at radius 1 is 1.27 bits per heavy atom. The molecule has 1 aliphatic carbocycles. The molecule has 116 valence electrons. The Balaban J connectivity index is 1.73. The predicted octanol–water partition coefficient (Wildman–Crippen LogP) is 1.31.